The first-order valence-corrected chi connectivity index (χ1v) is 13.1. The minimum Gasteiger partial charge on any atom is -0.451 e. The van der Waals surface area contributed by atoms with Crippen LogP contribution < -0.4 is 0 Å². The molecule has 0 radical (unpaired) electrons. The highest BCUT2D eigenvalue weighted by atomic mass is 16.6. The maximum Gasteiger partial charge on any atom is 0.344 e. The Bertz CT molecular complexity index is 1160. The highest BCUT2D eigenvalue weighted by Crippen LogP contribution is 2.71. The number of esters is 1. The van der Waals surface area contributed by atoms with Crippen molar-refractivity contribution < 1.29 is 34.2 Å². The molecule has 36 heavy (non-hydrogen) atoms. The standard InChI is InChI=1S/C28H37NO7/c1-7-18-20(19(8-2)36-29-18)25(33)35-24-13(3)11-27-14(4)9-17-21(26(17,5)6)16(23(27)32)10-15(12-30)22(31)28(24,27)34/h10-11,14,16-17,21-22,24,30-31,34H,7-9,12H2,1-6H3/t14?,16?,17?,21?,22?,24?,27-,28-/m0/s1. The van der Waals surface area contributed by atoms with Gasteiger partial charge in [0.25, 0.3) is 0 Å². The zero-order valence-corrected chi connectivity index (χ0v) is 21.9. The van der Waals surface area contributed by atoms with E-state index >= 15 is 0 Å². The lowest BCUT2D eigenvalue weighted by atomic mass is 9.59. The monoisotopic (exact) mass is 499 g/mol. The molecule has 196 valence electrons. The van der Waals surface area contributed by atoms with Gasteiger partial charge in [-0.05, 0) is 54.1 Å². The van der Waals surface area contributed by atoms with Crippen LogP contribution in [0.4, 0.5) is 0 Å². The molecule has 2 bridgehead atoms. The van der Waals surface area contributed by atoms with E-state index in [1.807, 2.05) is 20.8 Å². The van der Waals surface area contributed by atoms with Gasteiger partial charge in [0.05, 0.1) is 17.7 Å². The second-order valence-electron chi connectivity index (χ2n) is 11.8. The Morgan fingerprint density at radius 2 is 1.97 bits per heavy atom. The van der Waals surface area contributed by atoms with Gasteiger partial charge < -0.3 is 24.6 Å². The average Bonchev–Trinajstić information content (AvgIpc) is 3.13. The number of allylic oxidation sites excluding steroid dienone is 1. The van der Waals surface area contributed by atoms with Gasteiger partial charge in [-0.15, -0.1) is 0 Å². The third-order valence-corrected chi connectivity index (χ3v) is 9.82. The van der Waals surface area contributed by atoms with Gasteiger partial charge in [-0.1, -0.05) is 51.9 Å². The predicted molar refractivity (Wildman–Crippen MR) is 130 cm³/mol. The summed E-state index contributed by atoms with van der Waals surface area (Å²) in [6.07, 6.45) is 2.11. The van der Waals surface area contributed by atoms with Crippen LogP contribution in [0, 0.1) is 34.5 Å². The topological polar surface area (TPSA) is 130 Å². The molecule has 2 fully saturated rings. The quantitative estimate of drug-likeness (QED) is 0.417. The van der Waals surface area contributed by atoms with Crippen molar-refractivity contribution in [1.29, 1.82) is 0 Å². The molecule has 1 spiro atoms. The molecule has 0 saturated heterocycles. The minimum atomic E-state index is -2.16. The van der Waals surface area contributed by atoms with E-state index in [9.17, 15) is 24.9 Å². The van der Waals surface area contributed by atoms with Crippen molar-refractivity contribution in [3.8, 4) is 0 Å². The van der Waals surface area contributed by atoms with E-state index in [-0.39, 0.29) is 40.1 Å². The maximum absolute atomic E-state index is 14.4. The fourth-order valence-electron chi connectivity index (χ4n) is 7.84. The number of aliphatic hydroxyl groups is 3. The summed E-state index contributed by atoms with van der Waals surface area (Å²) < 4.78 is 11.3. The number of fused-ring (bicyclic) bond motifs is 3. The Hall–Kier alpha value is -2.29. The van der Waals surface area contributed by atoms with Gasteiger partial charge in [0.1, 0.15) is 11.7 Å². The Morgan fingerprint density at radius 3 is 2.58 bits per heavy atom. The summed E-state index contributed by atoms with van der Waals surface area (Å²) in [7, 11) is 0. The van der Waals surface area contributed by atoms with E-state index < -0.39 is 41.7 Å². The molecule has 8 nitrogen and oxygen atoms in total. The molecule has 5 rings (SSSR count). The Kier molecular flexibility index (Phi) is 5.71. The van der Waals surface area contributed by atoms with E-state index in [0.717, 1.165) is 0 Å². The van der Waals surface area contributed by atoms with E-state index in [4.69, 9.17) is 9.26 Å². The first kappa shape index (κ1) is 25.4. The minimum absolute atomic E-state index is 0.0503. The third-order valence-electron chi connectivity index (χ3n) is 9.82. The molecule has 2 saturated carbocycles. The lowest BCUT2D eigenvalue weighted by molar-refractivity contribution is -0.190. The van der Waals surface area contributed by atoms with E-state index in [1.165, 1.54) is 0 Å². The van der Waals surface area contributed by atoms with Crippen LogP contribution in [0.3, 0.4) is 0 Å². The highest BCUT2D eigenvalue weighted by Gasteiger charge is 2.76. The molecule has 1 heterocycles. The number of hydrogen-bond donors (Lipinski definition) is 3. The Morgan fingerprint density at radius 1 is 1.28 bits per heavy atom. The Labute approximate surface area is 211 Å². The third kappa shape index (κ3) is 2.95. The molecule has 8 heteroatoms. The summed E-state index contributed by atoms with van der Waals surface area (Å²) in [5, 5.41) is 38.3. The summed E-state index contributed by atoms with van der Waals surface area (Å²) in [5.41, 5.74) is -2.30. The molecular formula is C28H37NO7. The van der Waals surface area contributed by atoms with Crippen LogP contribution in [0.1, 0.15) is 69.8 Å². The van der Waals surface area contributed by atoms with Gasteiger partial charge in [-0.3, -0.25) is 4.79 Å². The average molecular weight is 500 g/mol. The van der Waals surface area contributed by atoms with Crippen LogP contribution in [-0.4, -0.2) is 56.6 Å². The van der Waals surface area contributed by atoms with Crippen LogP contribution in [0.5, 0.6) is 0 Å². The zero-order valence-electron chi connectivity index (χ0n) is 21.9. The molecule has 6 unspecified atom stereocenters. The molecule has 1 aromatic rings. The van der Waals surface area contributed by atoms with Crippen LogP contribution in [0.2, 0.25) is 0 Å². The predicted octanol–water partition coefficient (Wildman–Crippen LogP) is 2.79. The van der Waals surface area contributed by atoms with Crippen molar-refractivity contribution in [1.82, 2.24) is 5.16 Å². The van der Waals surface area contributed by atoms with Gasteiger partial charge in [0.15, 0.2) is 23.2 Å². The highest BCUT2D eigenvalue weighted by molar-refractivity contribution is 5.96. The van der Waals surface area contributed by atoms with Crippen LogP contribution >= 0.6 is 0 Å². The number of ether oxygens (including phenoxy) is 1. The SMILES string of the molecule is CCc1noc(CC)c1C(=O)OC1C(C)=C[C@]23C(=O)C(C=C(CO)C(O)[C@]12O)C1C(CC3C)C1(C)C. The molecule has 0 amide bonds. The molecule has 3 N–H and O–H groups in total. The number of hydrogen-bond acceptors (Lipinski definition) is 8. The number of aryl methyl sites for hydroxylation is 2. The molecular weight excluding hydrogens is 462 g/mol. The van der Waals surface area contributed by atoms with Gasteiger partial charge >= 0.3 is 5.97 Å². The van der Waals surface area contributed by atoms with E-state index in [2.05, 4.69) is 19.0 Å². The lowest BCUT2D eigenvalue weighted by Crippen LogP contribution is -2.65. The molecule has 4 aliphatic carbocycles. The fourth-order valence-corrected chi connectivity index (χ4v) is 7.84. The lowest BCUT2D eigenvalue weighted by Gasteiger charge is -2.48. The number of rotatable bonds is 5. The number of aliphatic hydroxyl groups excluding tert-OH is 2. The zero-order chi connectivity index (χ0) is 26.4. The van der Waals surface area contributed by atoms with Crippen molar-refractivity contribution in [2.75, 3.05) is 6.61 Å². The number of aromatic nitrogens is 1. The smallest absolute Gasteiger partial charge is 0.344 e. The van der Waals surface area contributed by atoms with Gasteiger partial charge in [-0.2, -0.15) is 0 Å². The summed E-state index contributed by atoms with van der Waals surface area (Å²) in [5.74, 6) is -1.02. The normalized spacial score (nSPS) is 40.4. The molecule has 8 atom stereocenters. The molecule has 1 aromatic heterocycles. The molecule has 4 aliphatic rings. The maximum atomic E-state index is 14.4. The summed E-state index contributed by atoms with van der Waals surface area (Å²) >= 11 is 0. The number of Topliss-reactive ketones (excluding diaryl/α,β-unsaturated/α-hetero) is 1. The number of carbonyl (C=O) groups excluding carboxylic acids is 2. The Balaban J connectivity index is 1.63. The van der Waals surface area contributed by atoms with Gasteiger partial charge in [0.2, 0.25) is 0 Å². The number of ketones is 1. The van der Waals surface area contributed by atoms with Crippen LogP contribution in [0.15, 0.2) is 27.8 Å². The van der Waals surface area contributed by atoms with Crippen molar-refractivity contribution in [3.05, 3.63) is 40.3 Å². The van der Waals surface area contributed by atoms with Crippen molar-refractivity contribution in [2.45, 2.75) is 78.6 Å². The molecule has 0 aliphatic heterocycles. The summed E-state index contributed by atoms with van der Waals surface area (Å²) in [4.78, 5) is 27.9. The van der Waals surface area contributed by atoms with Crippen molar-refractivity contribution >= 4 is 11.8 Å². The first-order chi connectivity index (χ1) is 16.9. The van der Waals surface area contributed by atoms with Crippen LogP contribution in [-0.2, 0) is 22.4 Å². The largest absolute Gasteiger partial charge is 0.451 e. The fraction of sp³-hybridized carbons (Fsp3) is 0.679. The van der Waals surface area contributed by atoms with Gasteiger partial charge in [-0.25, -0.2) is 4.79 Å². The number of nitrogens with zero attached hydrogens (tertiary/aromatic N) is 1. The second-order valence-corrected chi connectivity index (χ2v) is 11.8. The molecule has 0 aromatic carbocycles. The van der Waals surface area contributed by atoms with Crippen molar-refractivity contribution in [3.63, 3.8) is 0 Å². The summed E-state index contributed by atoms with van der Waals surface area (Å²) in [6.45, 7) is 11.1. The van der Waals surface area contributed by atoms with Gasteiger partial charge in [0, 0.05) is 12.3 Å². The van der Waals surface area contributed by atoms with Crippen LogP contribution in [0.25, 0.3) is 0 Å². The van der Waals surface area contributed by atoms with E-state index in [0.29, 0.717) is 36.3 Å². The van der Waals surface area contributed by atoms with Crippen molar-refractivity contribution in [2.24, 2.45) is 34.5 Å². The number of carbonyl (C=O) groups is 2. The summed E-state index contributed by atoms with van der Waals surface area (Å²) in [6, 6.07) is 0. The first-order valence-electron chi connectivity index (χ1n) is 13.1. The van der Waals surface area contributed by atoms with E-state index in [1.54, 1.807) is 19.1 Å². The second kappa shape index (κ2) is 8.10.